The van der Waals surface area contributed by atoms with E-state index in [0.29, 0.717) is 13.0 Å². The molecule has 3 N–H and O–H groups in total. The second-order valence-electron chi connectivity index (χ2n) is 3.98. The van der Waals surface area contributed by atoms with Crippen LogP contribution in [0.1, 0.15) is 32.1 Å². The Morgan fingerprint density at radius 1 is 1.05 bits per heavy atom. The van der Waals surface area contributed by atoms with Crippen molar-refractivity contribution in [1.82, 2.24) is 5.32 Å². The lowest BCUT2D eigenvalue weighted by atomic mass is 10.1. The zero-order valence-electron chi connectivity index (χ0n) is 11.5. The topological polar surface area (TPSA) is 117 Å². The van der Waals surface area contributed by atoms with Gasteiger partial charge in [0.05, 0.1) is 0 Å². The van der Waals surface area contributed by atoms with E-state index in [1.54, 1.807) is 0 Å². The van der Waals surface area contributed by atoms with E-state index in [2.05, 4.69) is 15.1 Å². The van der Waals surface area contributed by atoms with Gasteiger partial charge in [0.2, 0.25) is 5.91 Å². The molecule has 0 rings (SSSR count). The highest BCUT2D eigenvalue weighted by molar-refractivity contribution is 5.74. The molecule has 0 spiro atoms. The number of rotatable bonds is 13. The van der Waals surface area contributed by atoms with Gasteiger partial charge in [0.25, 0.3) is 0 Å². The van der Waals surface area contributed by atoms with Gasteiger partial charge in [-0.1, -0.05) is 12.8 Å². The molecule has 8 heteroatoms. The second kappa shape index (κ2) is 13.8. The van der Waals surface area contributed by atoms with Gasteiger partial charge in [-0.05, 0) is 12.8 Å². The lowest BCUT2D eigenvalue weighted by Gasteiger charge is -2.06. The Labute approximate surface area is 117 Å². The van der Waals surface area contributed by atoms with Gasteiger partial charge < -0.3 is 20.6 Å². The van der Waals surface area contributed by atoms with Crippen molar-refractivity contribution in [2.75, 3.05) is 26.4 Å². The molecule has 116 valence electrons. The summed E-state index contributed by atoms with van der Waals surface area (Å²) in [4.78, 5) is 40.5. The number of ether oxygens (including phenoxy) is 1. The van der Waals surface area contributed by atoms with E-state index < -0.39 is 12.0 Å². The Kier molecular flexibility index (Phi) is 12.6. The number of primary amides is 1. The quantitative estimate of drug-likeness (QED) is 0.218. The third-order valence-corrected chi connectivity index (χ3v) is 2.20. The number of carbonyl (C=O) groups excluding carboxylic acids is 3. The number of alkyl carbamates (subject to hydrolysis) is 1. The molecule has 0 aromatic carbocycles. The Morgan fingerprint density at radius 3 is 2.50 bits per heavy atom. The minimum Gasteiger partial charge on any atom is -0.447 e. The number of nitrogens with one attached hydrogen (secondary N) is 1. The van der Waals surface area contributed by atoms with E-state index in [1.807, 2.05) is 0 Å². The van der Waals surface area contributed by atoms with Gasteiger partial charge in [-0.3, -0.25) is 4.79 Å². The molecule has 0 aliphatic rings. The van der Waals surface area contributed by atoms with Crippen LogP contribution in [-0.4, -0.2) is 44.7 Å². The maximum absolute atomic E-state index is 11.2. The third kappa shape index (κ3) is 14.4. The third-order valence-electron chi connectivity index (χ3n) is 2.20. The molecule has 8 nitrogen and oxygen atoms in total. The molecule has 0 aromatic heterocycles. The average Bonchev–Trinajstić information content (AvgIpc) is 2.41. The smallest absolute Gasteiger partial charge is 0.407 e. The van der Waals surface area contributed by atoms with Crippen LogP contribution in [0, 0.1) is 0 Å². The zero-order valence-corrected chi connectivity index (χ0v) is 11.5. The first-order chi connectivity index (χ1) is 9.66. The first-order valence-corrected chi connectivity index (χ1v) is 6.53. The van der Waals surface area contributed by atoms with Crippen LogP contribution in [0.15, 0.2) is 0 Å². The highest BCUT2D eigenvalue weighted by atomic mass is 17.2. The maximum atomic E-state index is 11.2. The highest BCUT2D eigenvalue weighted by Crippen LogP contribution is 2.00. The lowest BCUT2D eigenvalue weighted by molar-refractivity contribution is -0.291. The monoisotopic (exact) mass is 290 g/mol. The van der Waals surface area contributed by atoms with Crippen LogP contribution in [0.3, 0.4) is 0 Å². The molecule has 0 aliphatic heterocycles. The molecule has 0 radical (unpaired) electrons. The molecule has 0 atom stereocenters. The van der Waals surface area contributed by atoms with E-state index >= 15 is 0 Å². The van der Waals surface area contributed by atoms with Crippen LogP contribution in [0.5, 0.6) is 0 Å². The standard InChI is InChI=1S/C12H22N2O6/c13-11(16)10-20-19-9-8-18-12(17)14-6-4-2-1-3-5-7-15/h7H,1-6,8-10H2,(H2,13,16)(H,14,17). The summed E-state index contributed by atoms with van der Waals surface area (Å²) in [5.74, 6) is -0.642. The molecule has 0 heterocycles. The molecule has 0 unspecified atom stereocenters. The number of hydrogen-bond acceptors (Lipinski definition) is 6. The molecular weight excluding hydrogens is 268 g/mol. The van der Waals surface area contributed by atoms with Crippen LogP contribution in [-0.2, 0) is 24.1 Å². The Hall–Kier alpha value is -1.67. The summed E-state index contributed by atoms with van der Waals surface area (Å²) in [6.45, 7) is 0.228. The van der Waals surface area contributed by atoms with E-state index in [1.165, 1.54) is 0 Å². The fourth-order valence-electron chi connectivity index (χ4n) is 1.27. The van der Waals surface area contributed by atoms with Crippen LogP contribution in [0.2, 0.25) is 0 Å². The molecule has 2 amide bonds. The van der Waals surface area contributed by atoms with Crippen molar-refractivity contribution in [3.05, 3.63) is 0 Å². The van der Waals surface area contributed by atoms with Gasteiger partial charge in [-0.25, -0.2) is 14.6 Å². The zero-order chi connectivity index (χ0) is 15.1. The predicted molar refractivity (Wildman–Crippen MR) is 69.6 cm³/mol. The summed E-state index contributed by atoms with van der Waals surface area (Å²) < 4.78 is 4.78. The second-order valence-corrected chi connectivity index (χ2v) is 3.98. The van der Waals surface area contributed by atoms with E-state index in [9.17, 15) is 14.4 Å². The molecule has 0 saturated heterocycles. The number of amides is 2. The SMILES string of the molecule is NC(=O)COOCCOC(=O)NCCCCCCC=O. The molecule has 0 fully saturated rings. The van der Waals surface area contributed by atoms with Crippen molar-refractivity contribution in [2.45, 2.75) is 32.1 Å². The van der Waals surface area contributed by atoms with Crippen LogP contribution < -0.4 is 11.1 Å². The van der Waals surface area contributed by atoms with Crippen molar-refractivity contribution >= 4 is 18.3 Å². The molecule has 0 aliphatic carbocycles. The lowest BCUT2D eigenvalue weighted by Crippen LogP contribution is -2.26. The Morgan fingerprint density at radius 2 is 1.80 bits per heavy atom. The summed E-state index contributed by atoms with van der Waals surface area (Å²) in [5.41, 5.74) is 4.81. The molecule has 0 bridgehead atoms. The summed E-state index contributed by atoms with van der Waals surface area (Å²) >= 11 is 0. The van der Waals surface area contributed by atoms with Gasteiger partial charge in [0, 0.05) is 13.0 Å². The Balaban J connectivity index is 3.20. The fourth-order valence-corrected chi connectivity index (χ4v) is 1.27. The minimum absolute atomic E-state index is 0.0178. The predicted octanol–water partition coefficient (Wildman–Crippen LogP) is 0.295. The highest BCUT2D eigenvalue weighted by Gasteiger charge is 2.01. The van der Waals surface area contributed by atoms with Crippen LogP contribution in [0.25, 0.3) is 0 Å². The largest absolute Gasteiger partial charge is 0.447 e. The average molecular weight is 290 g/mol. The van der Waals surface area contributed by atoms with Gasteiger partial charge in [-0.15, -0.1) is 0 Å². The van der Waals surface area contributed by atoms with Gasteiger partial charge in [-0.2, -0.15) is 0 Å². The first kappa shape index (κ1) is 18.3. The van der Waals surface area contributed by atoms with E-state index in [4.69, 9.17) is 10.5 Å². The number of nitrogens with two attached hydrogens (primary N) is 1. The molecule has 0 saturated carbocycles. The molecule has 0 aromatic rings. The van der Waals surface area contributed by atoms with Crippen LogP contribution in [0.4, 0.5) is 4.79 Å². The van der Waals surface area contributed by atoms with Crippen molar-refractivity contribution in [3.63, 3.8) is 0 Å². The van der Waals surface area contributed by atoms with Crippen LogP contribution >= 0.6 is 0 Å². The van der Waals surface area contributed by atoms with Crippen molar-refractivity contribution in [2.24, 2.45) is 5.73 Å². The van der Waals surface area contributed by atoms with Gasteiger partial charge in [0.1, 0.15) is 19.5 Å². The fraction of sp³-hybridized carbons (Fsp3) is 0.750. The Bertz CT molecular complexity index is 285. The van der Waals surface area contributed by atoms with Gasteiger partial charge >= 0.3 is 6.09 Å². The molecule has 20 heavy (non-hydrogen) atoms. The van der Waals surface area contributed by atoms with Crippen molar-refractivity contribution in [3.8, 4) is 0 Å². The normalized spacial score (nSPS) is 10.0. The summed E-state index contributed by atoms with van der Waals surface area (Å²) in [6, 6.07) is 0. The van der Waals surface area contributed by atoms with Crippen molar-refractivity contribution in [1.29, 1.82) is 0 Å². The number of aldehydes is 1. The van der Waals surface area contributed by atoms with Crippen molar-refractivity contribution < 1.29 is 28.9 Å². The summed E-state index contributed by atoms with van der Waals surface area (Å²) in [5, 5.41) is 2.58. The first-order valence-electron chi connectivity index (χ1n) is 6.53. The minimum atomic E-state index is -0.642. The van der Waals surface area contributed by atoms with Gasteiger partial charge in [0.15, 0.2) is 6.61 Å². The number of carbonyl (C=O) groups is 3. The maximum Gasteiger partial charge on any atom is 0.407 e. The van der Waals surface area contributed by atoms with E-state index in [-0.39, 0.29) is 19.8 Å². The number of hydrogen-bond donors (Lipinski definition) is 2. The van der Waals surface area contributed by atoms with E-state index in [0.717, 1.165) is 32.0 Å². The summed E-state index contributed by atoms with van der Waals surface area (Å²) in [6.07, 6.45) is 4.62. The molecular formula is C12H22N2O6. The summed E-state index contributed by atoms with van der Waals surface area (Å²) in [7, 11) is 0. The number of unbranched alkanes of at least 4 members (excludes halogenated alkanes) is 4.